The molecule has 0 saturated heterocycles. The summed E-state index contributed by atoms with van der Waals surface area (Å²) in [5.74, 6) is 0.0754. The molecule has 0 aliphatic heterocycles. The Labute approximate surface area is 136 Å². The Morgan fingerprint density at radius 2 is 1.81 bits per heavy atom. The number of benzene rings is 1. The van der Waals surface area contributed by atoms with Gasteiger partial charge in [-0.05, 0) is 42.5 Å². The zero-order chi connectivity index (χ0) is 14.9. The third-order valence-electron chi connectivity index (χ3n) is 3.93. The molecule has 1 fully saturated rings. The van der Waals surface area contributed by atoms with Crippen molar-refractivity contribution in [2.75, 3.05) is 0 Å². The van der Waals surface area contributed by atoms with E-state index in [0.717, 1.165) is 37.8 Å². The van der Waals surface area contributed by atoms with E-state index < -0.39 is 23.9 Å². The van der Waals surface area contributed by atoms with E-state index in [0.29, 0.717) is 10.0 Å². The molecule has 1 aromatic carbocycles. The molecule has 0 aromatic heterocycles. The molecule has 1 aliphatic rings. The highest BCUT2D eigenvalue weighted by Crippen LogP contribution is 2.37. The number of hydrogen-bond acceptors (Lipinski definition) is 2. The summed E-state index contributed by atoms with van der Waals surface area (Å²) in [6, 6.07) is 2.55. The van der Waals surface area contributed by atoms with Gasteiger partial charge in [-0.1, -0.05) is 28.8 Å². The Kier molecular flexibility index (Phi) is 6.53. The number of rotatable bonds is 3. The number of nitrogens with two attached hydrogens (primary N) is 1. The van der Waals surface area contributed by atoms with Gasteiger partial charge in [-0.15, -0.1) is 12.4 Å². The first kappa shape index (κ1) is 18.7. The topological polar surface area (TPSA) is 46.2 Å². The van der Waals surface area contributed by atoms with E-state index in [9.17, 15) is 18.3 Å². The van der Waals surface area contributed by atoms with Crippen molar-refractivity contribution in [3.63, 3.8) is 0 Å². The minimum absolute atomic E-state index is 0. The van der Waals surface area contributed by atoms with Crippen LogP contribution in [0.15, 0.2) is 22.7 Å². The van der Waals surface area contributed by atoms with Gasteiger partial charge in [-0.25, -0.2) is 0 Å². The van der Waals surface area contributed by atoms with E-state index >= 15 is 0 Å². The third-order valence-corrected chi connectivity index (χ3v) is 4.66. The summed E-state index contributed by atoms with van der Waals surface area (Å²) >= 11 is 3.22. The van der Waals surface area contributed by atoms with Crippen molar-refractivity contribution < 1.29 is 18.3 Å². The molecule has 2 rings (SSSR count). The predicted octanol–water partition coefficient (Wildman–Crippen LogP) is 4.44. The first-order chi connectivity index (χ1) is 9.30. The highest BCUT2D eigenvalue weighted by Gasteiger charge is 2.34. The quantitative estimate of drug-likeness (QED) is 0.804. The molecule has 21 heavy (non-hydrogen) atoms. The average molecular weight is 389 g/mol. The van der Waals surface area contributed by atoms with Crippen LogP contribution in [0.2, 0.25) is 0 Å². The van der Waals surface area contributed by atoms with Gasteiger partial charge in [-0.3, -0.25) is 0 Å². The fourth-order valence-corrected chi connectivity index (χ4v) is 3.26. The SMILES string of the molecule is Cl.N[C@@H](c1cc(C(F)(F)F)ccc1Br)[C@H](O)C1CCCC1. The molecule has 1 saturated carbocycles. The van der Waals surface area contributed by atoms with Crippen molar-refractivity contribution in [2.24, 2.45) is 11.7 Å². The van der Waals surface area contributed by atoms with Crippen molar-refractivity contribution in [3.05, 3.63) is 33.8 Å². The van der Waals surface area contributed by atoms with Crippen LogP contribution < -0.4 is 5.73 Å². The molecule has 2 nitrogen and oxygen atoms in total. The smallest absolute Gasteiger partial charge is 0.391 e. The van der Waals surface area contributed by atoms with E-state index in [4.69, 9.17) is 5.73 Å². The zero-order valence-corrected chi connectivity index (χ0v) is 13.6. The van der Waals surface area contributed by atoms with Gasteiger partial charge >= 0.3 is 6.18 Å². The van der Waals surface area contributed by atoms with E-state index in [1.165, 1.54) is 6.07 Å². The number of hydrogen-bond donors (Lipinski definition) is 2. The Balaban J connectivity index is 0.00000220. The Morgan fingerprint density at radius 3 is 2.33 bits per heavy atom. The molecule has 2 atom stereocenters. The largest absolute Gasteiger partial charge is 0.416 e. The van der Waals surface area contributed by atoms with Crippen LogP contribution in [0.1, 0.15) is 42.9 Å². The normalized spacial score (nSPS) is 19.1. The maximum atomic E-state index is 12.7. The van der Waals surface area contributed by atoms with E-state index in [-0.39, 0.29) is 18.3 Å². The summed E-state index contributed by atoms with van der Waals surface area (Å²) in [7, 11) is 0. The molecule has 0 unspecified atom stereocenters. The maximum absolute atomic E-state index is 12.7. The lowest BCUT2D eigenvalue weighted by Gasteiger charge is -2.26. The maximum Gasteiger partial charge on any atom is 0.416 e. The van der Waals surface area contributed by atoms with Crippen LogP contribution in [-0.4, -0.2) is 11.2 Å². The molecule has 1 aromatic rings. The summed E-state index contributed by atoms with van der Waals surface area (Å²) in [6.07, 6.45) is -1.38. The van der Waals surface area contributed by atoms with Crippen molar-refractivity contribution in [3.8, 4) is 0 Å². The van der Waals surface area contributed by atoms with Crippen molar-refractivity contribution in [2.45, 2.75) is 44.0 Å². The first-order valence-electron chi connectivity index (χ1n) is 6.61. The second-order valence-corrected chi connectivity index (χ2v) is 6.15. The molecule has 1 aliphatic carbocycles. The number of alkyl halides is 3. The standard InChI is InChI=1S/C14H17BrF3NO.ClH/c15-11-6-5-9(14(16,17)18)7-10(11)12(19)13(20)8-3-1-2-4-8;/h5-8,12-13,20H,1-4,19H2;1H/t12-,13+;/m0./s1. The summed E-state index contributed by atoms with van der Waals surface area (Å²) < 4.78 is 38.7. The van der Waals surface area contributed by atoms with Crippen LogP contribution in [0.25, 0.3) is 0 Å². The highest BCUT2D eigenvalue weighted by atomic mass is 79.9. The van der Waals surface area contributed by atoms with E-state index in [2.05, 4.69) is 15.9 Å². The number of aliphatic hydroxyl groups is 1. The molecular formula is C14H18BrClF3NO. The molecule has 7 heteroatoms. The first-order valence-corrected chi connectivity index (χ1v) is 7.40. The Hall–Kier alpha value is -0.300. The van der Waals surface area contributed by atoms with Crippen molar-refractivity contribution >= 4 is 28.3 Å². The highest BCUT2D eigenvalue weighted by molar-refractivity contribution is 9.10. The van der Waals surface area contributed by atoms with Gasteiger partial charge in [0.1, 0.15) is 0 Å². The van der Waals surface area contributed by atoms with Crippen LogP contribution in [0.3, 0.4) is 0 Å². The van der Waals surface area contributed by atoms with Crippen LogP contribution in [0.4, 0.5) is 13.2 Å². The fourth-order valence-electron chi connectivity index (χ4n) is 2.75. The Morgan fingerprint density at radius 1 is 1.24 bits per heavy atom. The molecule has 120 valence electrons. The van der Waals surface area contributed by atoms with Gasteiger partial charge in [-0.2, -0.15) is 13.2 Å². The van der Waals surface area contributed by atoms with Crippen molar-refractivity contribution in [1.29, 1.82) is 0 Å². The second kappa shape index (κ2) is 7.31. The van der Waals surface area contributed by atoms with Gasteiger partial charge in [0.05, 0.1) is 17.7 Å². The van der Waals surface area contributed by atoms with Gasteiger partial charge < -0.3 is 10.8 Å². The van der Waals surface area contributed by atoms with E-state index in [1.54, 1.807) is 0 Å². The molecule has 0 spiro atoms. The molecule has 0 heterocycles. The molecular weight excluding hydrogens is 371 g/mol. The molecule has 0 radical (unpaired) electrons. The lowest BCUT2D eigenvalue weighted by Crippen LogP contribution is -2.32. The van der Waals surface area contributed by atoms with Gasteiger partial charge in [0, 0.05) is 4.47 Å². The minimum atomic E-state index is -4.41. The van der Waals surface area contributed by atoms with Gasteiger partial charge in [0.25, 0.3) is 0 Å². The lowest BCUT2D eigenvalue weighted by atomic mass is 9.90. The molecule has 3 N–H and O–H groups in total. The van der Waals surface area contributed by atoms with Gasteiger partial charge in [0.15, 0.2) is 0 Å². The Bertz CT molecular complexity index is 478. The fraction of sp³-hybridized carbons (Fsp3) is 0.571. The second-order valence-electron chi connectivity index (χ2n) is 5.29. The average Bonchev–Trinajstić information content (AvgIpc) is 2.90. The lowest BCUT2D eigenvalue weighted by molar-refractivity contribution is -0.137. The molecule has 0 bridgehead atoms. The summed E-state index contributed by atoms with van der Waals surface area (Å²) in [5.41, 5.74) is 5.54. The van der Waals surface area contributed by atoms with Crippen LogP contribution >= 0.6 is 28.3 Å². The van der Waals surface area contributed by atoms with Crippen molar-refractivity contribution in [1.82, 2.24) is 0 Å². The van der Waals surface area contributed by atoms with Crippen LogP contribution in [0, 0.1) is 5.92 Å². The number of halogens is 5. The zero-order valence-electron chi connectivity index (χ0n) is 11.2. The third kappa shape index (κ3) is 4.34. The number of aliphatic hydroxyl groups excluding tert-OH is 1. The van der Waals surface area contributed by atoms with Crippen LogP contribution in [0.5, 0.6) is 0 Å². The van der Waals surface area contributed by atoms with E-state index in [1.807, 2.05) is 0 Å². The van der Waals surface area contributed by atoms with Crippen LogP contribution in [-0.2, 0) is 6.18 Å². The molecule has 0 amide bonds. The summed E-state index contributed by atoms with van der Waals surface area (Å²) in [4.78, 5) is 0. The monoisotopic (exact) mass is 387 g/mol. The summed E-state index contributed by atoms with van der Waals surface area (Å²) in [6.45, 7) is 0. The predicted molar refractivity (Wildman–Crippen MR) is 81.3 cm³/mol. The summed E-state index contributed by atoms with van der Waals surface area (Å²) in [5, 5.41) is 10.3. The van der Waals surface area contributed by atoms with Gasteiger partial charge in [0.2, 0.25) is 0 Å². The minimum Gasteiger partial charge on any atom is -0.391 e.